The van der Waals surface area contributed by atoms with Crippen molar-refractivity contribution in [3.8, 4) is 5.75 Å². The molecular formula is C12H17FN2O2. The molecule has 0 saturated carbocycles. The number of amides is 1. The summed E-state index contributed by atoms with van der Waals surface area (Å²) < 4.78 is 18.6. The predicted molar refractivity (Wildman–Crippen MR) is 62.7 cm³/mol. The zero-order valence-corrected chi connectivity index (χ0v) is 10.2. The normalized spacial score (nSPS) is 12.4. The maximum absolute atomic E-state index is 13.1. The first-order valence-electron chi connectivity index (χ1n) is 5.39. The molecule has 1 amide bonds. The van der Waals surface area contributed by atoms with E-state index in [9.17, 15) is 9.18 Å². The van der Waals surface area contributed by atoms with Crippen molar-refractivity contribution in [3.63, 3.8) is 0 Å². The average Bonchev–Trinajstić information content (AvgIpc) is 2.28. The minimum Gasteiger partial charge on any atom is -0.480 e. The van der Waals surface area contributed by atoms with Gasteiger partial charge in [-0.3, -0.25) is 10.2 Å². The summed E-state index contributed by atoms with van der Waals surface area (Å²) in [4.78, 5) is 11.5. The van der Waals surface area contributed by atoms with Gasteiger partial charge in [0.15, 0.2) is 6.10 Å². The van der Waals surface area contributed by atoms with E-state index in [0.717, 1.165) is 5.56 Å². The molecule has 0 fully saturated rings. The molecule has 0 bridgehead atoms. The van der Waals surface area contributed by atoms with Gasteiger partial charge in [0.25, 0.3) is 5.91 Å². The molecule has 1 unspecified atom stereocenters. The van der Waals surface area contributed by atoms with Gasteiger partial charge < -0.3 is 4.74 Å². The molecule has 0 radical (unpaired) electrons. The monoisotopic (exact) mass is 240 g/mol. The van der Waals surface area contributed by atoms with Crippen molar-refractivity contribution >= 4 is 5.91 Å². The highest BCUT2D eigenvalue weighted by Gasteiger charge is 2.24. The van der Waals surface area contributed by atoms with Gasteiger partial charge in [0.2, 0.25) is 0 Å². The molecule has 0 aliphatic heterocycles. The maximum Gasteiger partial charge on any atom is 0.275 e. The highest BCUT2D eigenvalue weighted by atomic mass is 19.1. The van der Waals surface area contributed by atoms with Gasteiger partial charge in [-0.05, 0) is 24.5 Å². The Labute approximate surface area is 99.9 Å². The summed E-state index contributed by atoms with van der Waals surface area (Å²) in [5, 5.41) is 0. The standard InChI is InChI=1S/C12H17FN2O2/c1-7(2)11(12(16)15-14)17-10-6-9(13)5-4-8(10)3/h4-7,11H,14H2,1-3H3,(H,15,16). The van der Waals surface area contributed by atoms with Gasteiger partial charge in [-0.1, -0.05) is 19.9 Å². The van der Waals surface area contributed by atoms with Crippen LogP contribution < -0.4 is 16.0 Å². The summed E-state index contributed by atoms with van der Waals surface area (Å²) in [5.74, 6) is 4.54. The Balaban J connectivity index is 2.93. The van der Waals surface area contributed by atoms with Crippen LogP contribution in [-0.4, -0.2) is 12.0 Å². The topological polar surface area (TPSA) is 64.3 Å². The van der Waals surface area contributed by atoms with Crippen molar-refractivity contribution in [2.45, 2.75) is 26.9 Å². The summed E-state index contributed by atoms with van der Waals surface area (Å²) in [5.41, 5.74) is 2.81. The van der Waals surface area contributed by atoms with Crippen molar-refractivity contribution in [3.05, 3.63) is 29.6 Å². The number of nitrogens with one attached hydrogen (secondary N) is 1. The fourth-order valence-electron chi connectivity index (χ4n) is 1.41. The number of carbonyl (C=O) groups excluding carboxylic acids is 1. The largest absolute Gasteiger partial charge is 0.480 e. The molecule has 0 spiro atoms. The summed E-state index contributed by atoms with van der Waals surface area (Å²) >= 11 is 0. The summed E-state index contributed by atoms with van der Waals surface area (Å²) in [7, 11) is 0. The van der Waals surface area contributed by atoms with E-state index in [1.165, 1.54) is 12.1 Å². The van der Waals surface area contributed by atoms with E-state index >= 15 is 0 Å². The lowest BCUT2D eigenvalue weighted by atomic mass is 10.1. The number of nitrogens with two attached hydrogens (primary N) is 1. The second-order valence-electron chi connectivity index (χ2n) is 4.20. The molecule has 0 aliphatic rings. The van der Waals surface area contributed by atoms with Gasteiger partial charge in [0, 0.05) is 6.07 Å². The molecule has 1 aromatic carbocycles. The number of hydrogen-bond acceptors (Lipinski definition) is 3. The molecule has 5 heteroatoms. The van der Waals surface area contributed by atoms with Crippen LogP contribution in [0.15, 0.2) is 18.2 Å². The molecule has 1 aromatic rings. The minimum atomic E-state index is -0.736. The summed E-state index contributed by atoms with van der Waals surface area (Å²) in [6.45, 7) is 5.44. The fraction of sp³-hybridized carbons (Fsp3) is 0.417. The van der Waals surface area contributed by atoms with Gasteiger partial charge in [-0.2, -0.15) is 0 Å². The smallest absolute Gasteiger partial charge is 0.275 e. The molecule has 0 heterocycles. The van der Waals surface area contributed by atoms with E-state index in [1.807, 2.05) is 19.3 Å². The molecule has 4 nitrogen and oxygen atoms in total. The predicted octanol–water partition coefficient (Wildman–Crippen LogP) is 1.53. The molecule has 1 atom stereocenters. The van der Waals surface area contributed by atoms with Crippen LogP contribution in [0.3, 0.4) is 0 Å². The molecular weight excluding hydrogens is 223 g/mol. The van der Waals surface area contributed by atoms with Crippen LogP contribution in [0.2, 0.25) is 0 Å². The highest BCUT2D eigenvalue weighted by Crippen LogP contribution is 2.22. The first-order valence-corrected chi connectivity index (χ1v) is 5.39. The number of benzene rings is 1. The van der Waals surface area contributed by atoms with Crippen molar-refractivity contribution in [2.24, 2.45) is 11.8 Å². The molecule has 0 aromatic heterocycles. The lowest BCUT2D eigenvalue weighted by Crippen LogP contribution is -2.44. The van der Waals surface area contributed by atoms with Crippen LogP contribution in [-0.2, 0) is 4.79 Å². The van der Waals surface area contributed by atoms with E-state index in [-0.39, 0.29) is 5.92 Å². The lowest BCUT2D eigenvalue weighted by Gasteiger charge is -2.21. The number of halogens is 1. The molecule has 0 saturated heterocycles. The van der Waals surface area contributed by atoms with Gasteiger partial charge in [-0.15, -0.1) is 0 Å². The van der Waals surface area contributed by atoms with Gasteiger partial charge >= 0.3 is 0 Å². The van der Waals surface area contributed by atoms with Crippen LogP contribution >= 0.6 is 0 Å². The zero-order chi connectivity index (χ0) is 13.0. The quantitative estimate of drug-likeness (QED) is 0.476. The summed E-state index contributed by atoms with van der Waals surface area (Å²) in [6.07, 6.45) is -0.736. The molecule has 17 heavy (non-hydrogen) atoms. The van der Waals surface area contributed by atoms with Gasteiger partial charge in [-0.25, -0.2) is 10.2 Å². The Morgan fingerprint density at radius 1 is 1.47 bits per heavy atom. The number of carbonyl (C=O) groups is 1. The van der Waals surface area contributed by atoms with E-state index in [4.69, 9.17) is 10.6 Å². The SMILES string of the molecule is Cc1ccc(F)cc1OC(C(=O)NN)C(C)C. The number of hydrazine groups is 1. The Bertz CT molecular complexity index is 407. The Hall–Kier alpha value is -1.62. The zero-order valence-electron chi connectivity index (χ0n) is 10.2. The highest BCUT2D eigenvalue weighted by molar-refractivity contribution is 5.80. The Kier molecular flexibility index (Phi) is 4.45. The summed E-state index contributed by atoms with van der Waals surface area (Å²) in [6, 6.07) is 4.20. The molecule has 0 aliphatic carbocycles. The van der Waals surface area contributed by atoms with Gasteiger partial charge in [0.1, 0.15) is 11.6 Å². The third-order valence-electron chi connectivity index (χ3n) is 2.41. The van der Waals surface area contributed by atoms with Crippen molar-refractivity contribution in [1.29, 1.82) is 0 Å². The van der Waals surface area contributed by atoms with Crippen LogP contribution in [0, 0.1) is 18.7 Å². The molecule has 3 N–H and O–H groups in total. The van der Waals surface area contributed by atoms with Crippen LogP contribution in [0.4, 0.5) is 4.39 Å². The number of hydrogen-bond donors (Lipinski definition) is 2. The second kappa shape index (κ2) is 5.63. The van der Waals surface area contributed by atoms with E-state index < -0.39 is 17.8 Å². The van der Waals surface area contributed by atoms with Gasteiger partial charge in [0.05, 0.1) is 0 Å². The van der Waals surface area contributed by atoms with Crippen molar-refractivity contribution in [1.82, 2.24) is 5.43 Å². The van der Waals surface area contributed by atoms with Crippen molar-refractivity contribution in [2.75, 3.05) is 0 Å². The maximum atomic E-state index is 13.1. The van der Waals surface area contributed by atoms with Crippen LogP contribution in [0.1, 0.15) is 19.4 Å². The average molecular weight is 240 g/mol. The van der Waals surface area contributed by atoms with E-state index in [1.54, 1.807) is 13.0 Å². The lowest BCUT2D eigenvalue weighted by molar-refractivity contribution is -0.129. The van der Waals surface area contributed by atoms with Crippen LogP contribution in [0.25, 0.3) is 0 Å². The Morgan fingerprint density at radius 2 is 2.12 bits per heavy atom. The minimum absolute atomic E-state index is 0.0683. The molecule has 94 valence electrons. The van der Waals surface area contributed by atoms with Crippen LogP contribution in [0.5, 0.6) is 5.75 Å². The number of ether oxygens (including phenoxy) is 1. The fourth-order valence-corrected chi connectivity index (χ4v) is 1.41. The molecule has 1 rings (SSSR count). The number of aryl methyl sites for hydroxylation is 1. The van der Waals surface area contributed by atoms with E-state index in [2.05, 4.69) is 0 Å². The second-order valence-corrected chi connectivity index (χ2v) is 4.20. The number of rotatable bonds is 4. The van der Waals surface area contributed by atoms with Crippen molar-refractivity contribution < 1.29 is 13.9 Å². The first-order chi connectivity index (χ1) is 7.95. The third-order valence-corrected chi connectivity index (χ3v) is 2.41. The first kappa shape index (κ1) is 13.4. The third kappa shape index (κ3) is 3.42. The Morgan fingerprint density at radius 3 is 2.65 bits per heavy atom. The van der Waals surface area contributed by atoms with E-state index in [0.29, 0.717) is 5.75 Å².